The summed E-state index contributed by atoms with van der Waals surface area (Å²) in [5.41, 5.74) is 0.183. The standard InChI is InChI=1S/C16H24BrN3O3/c1-16(2,3)23-15(21)20(13(10-22-4)11-5-6-11)9-12-7-8-14(17)19-18-12/h7-8,11,13H,5-6,9-10H2,1-4H3/t13-/m1/s1. The van der Waals surface area contributed by atoms with Gasteiger partial charge in [-0.05, 0) is 67.6 Å². The van der Waals surface area contributed by atoms with E-state index in [-0.39, 0.29) is 12.1 Å². The summed E-state index contributed by atoms with van der Waals surface area (Å²) in [7, 11) is 1.65. The van der Waals surface area contributed by atoms with Crippen LogP contribution in [-0.2, 0) is 16.0 Å². The van der Waals surface area contributed by atoms with Crippen molar-refractivity contribution in [2.45, 2.75) is 51.8 Å². The molecule has 0 bridgehead atoms. The molecule has 128 valence electrons. The molecule has 0 unspecified atom stereocenters. The fourth-order valence-electron chi connectivity index (χ4n) is 2.37. The number of rotatable bonds is 6. The topological polar surface area (TPSA) is 64.5 Å². The van der Waals surface area contributed by atoms with Crippen molar-refractivity contribution < 1.29 is 14.3 Å². The van der Waals surface area contributed by atoms with Gasteiger partial charge in [0, 0.05) is 7.11 Å². The van der Waals surface area contributed by atoms with Gasteiger partial charge < -0.3 is 9.47 Å². The molecular formula is C16H24BrN3O3. The molecule has 0 N–H and O–H groups in total. The molecular weight excluding hydrogens is 362 g/mol. The third-order valence-electron chi connectivity index (χ3n) is 3.55. The van der Waals surface area contributed by atoms with Gasteiger partial charge in [-0.1, -0.05) is 0 Å². The highest BCUT2D eigenvalue weighted by atomic mass is 79.9. The summed E-state index contributed by atoms with van der Waals surface area (Å²) in [5.74, 6) is 0.464. The Bertz CT molecular complexity index is 526. The van der Waals surface area contributed by atoms with Crippen LogP contribution in [0.2, 0.25) is 0 Å². The van der Waals surface area contributed by atoms with E-state index in [9.17, 15) is 4.79 Å². The zero-order chi connectivity index (χ0) is 17.0. The second-order valence-corrected chi connectivity index (χ2v) is 7.63. The molecule has 7 heteroatoms. The first kappa shape index (κ1) is 18.1. The molecule has 1 atom stereocenters. The number of carbonyl (C=O) groups is 1. The van der Waals surface area contributed by atoms with Crippen molar-refractivity contribution >= 4 is 22.0 Å². The van der Waals surface area contributed by atoms with Crippen molar-refractivity contribution in [1.29, 1.82) is 0 Å². The lowest BCUT2D eigenvalue weighted by Gasteiger charge is -2.33. The van der Waals surface area contributed by atoms with E-state index in [4.69, 9.17) is 9.47 Å². The van der Waals surface area contributed by atoms with Crippen LogP contribution >= 0.6 is 15.9 Å². The van der Waals surface area contributed by atoms with Crippen LogP contribution in [0.1, 0.15) is 39.3 Å². The normalized spacial score (nSPS) is 16.0. The second kappa shape index (κ2) is 7.57. The van der Waals surface area contributed by atoms with Gasteiger partial charge in [-0.3, -0.25) is 4.90 Å². The van der Waals surface area contributed by atoms with E-state index in [1.165, 1.54) is 0 Å². The van der Waals surface area contributed by atoms with Gasteiger partial charge in [-0.2, -0.15) is 5.10 Å². The molecule has 1 aromatic rings. The van der Waals surface area contributed by atoms with Crippen LogP contribution < -0.4 is 0 Å². The Kier molecular flexibility index (Phi) is 5.97. The summed E-state index contributed by atoms with van der Waals surface area (Å²) in [6, 6.07) is 3.67. The van der Waals surface area contributed by atoms with Crippen LogP contribution in [0.15, 0.2) is 16.7 Å². The van der Waals surface area contributed by atoms with E-state index >= 15 is 0 Å². The minimum atomic E-state index is -0.540. The first-order chi connectivity index (χ1) is 10.8. The lowest BCUT2D eigenvalue weighted by atomic mass is 10.1. The van der Waals surface area contributed by atoms with Crippen molar-refractivity contribution in [3.05, 3.63) is 22.4 Å². The Hall–Kier alpha value is -1.21. The smallest absolute Gasteiger partial charge is 0.410 e. The summed E-state index contributed by atoms with van der Waals surface area (Å²) >= 11 is 3.27. The minimum Gasteiger partial charge on any atom is -0.444 e. The van der Waals surface area contributed by atoms with Crippen molar-refractivity contribution in [3.63, 3.8) is 0 Å². The van der Waals surface area contributed by atoms with Crippen LogP contribution in [0.4, 0.5) is 4.79 Å². The number of hydrogen-bond donors (Lipinski definition) is 0. The predicted octanol–water partition coefficient (Wildman–Crippen LogP) is 3.40. The summed E-state index contributed by atoms with van der Waals surface area (Å²) in [4.78, 5) is 14.4. The van der Waals surface area contributed by atoms with E-state index in [0.717, 1.165) is 18.5 Å². The Labute approximate surface area is 145 Å². The third-order valence-corrected chi connectivity index (χ3v) is 3.97. The number of methoxy groups -OCH3 is 1. The van der Waals surface area contributed by atoms with Crippen LogP contribution in [0.25, 0.3) is 0 Å². The fourth-order valence-corrected chi connectivity index (χ4v) is 2.58. The summed E-state index contributed by atoms with van der Waals surface area (Å²) in [6.45, 7) is 6.45. The Morgan fingerprint density at radius 1 is 1.39 bits per heavy atom. The van der Waals surface area contributed by atoms with Crippen molar-refractivity contribution in [3.8, 4) is 0 Å². The molecule has 23 heavy (non-hydrogen) atoms. The molecule has 2 rings (SSSR count). The number of carbonyl (C=O) groups excluding carboxylic acids is 1. The maximum Gasteiger partial charge on any atom is 0.410 e. The van der Waals surface area contributed by atoms with E-state index in [2.05, 4.69) is 26.1 Å². The predicted molar refractivity (Wildman–Crippen MR) is 89.9 cm³/mol. The molecule has 1 aromatic heterocycles. The van der Waals surface area contributed by atoms with Crippen molar-refractivity contribution in [2.24, 2.45) is 5.92 Å². The molecule has 0 saturated heterocycles. The van der Waals surface area contributed by atoms with Gasteiger partial charge in [0.2, 0.25) is 0 Å². The average Bonchev–Trinajstić information content (AvgIpc) is 3.27. The largest absolute Gasteiger partial charge is 0.444 e. The highest BCUT2D eigenvalue weighted by Crippen LogP contribution is 2.36. The first-order valence-corrected chi connectivity index (χ1v) is 8.56. The molecule has 0 aromatic carbocycles. The molecule has 1 heterocycles. The fraction of sp³-hybridized carbons (Fsp3) is 0.688. The summed E-state index contributed by atoms with van der Waals surface area (Å²) in [5, 5.41) is 8.12. The second-order valence-electron chi connectivity index (χ2n) is 6.82. The highest BCUT2D eigenvalue weighted by molar-refractivity contribution is 9.10. The minimum absolute atomic E-state index is 0.000275. The number of aromatic nitrogens is 2. The lowest BCUT2D eigenvalue weighted by Crippen LogP contribution is -2.46. The van der Waals surface area contributed by atoms with Crippen LogP contribution in [-0.4, -0.2) is 46.6 Å². The molecule has 6 nitrogen and oxygen atoms in total. The molecule has 1 aliphatic carbocycles. The lowest BCUT2D eigenvalue weighted by molar-refractivity contribution is -0.000694. The number of amides is 1. The molecule has 0 radical (unpaired) electrons. The maximum absolute atomic E-state index is 12.7. The van der Waals surface area contributed by atoms with E-state index in [0.29, 0.717) is 23.7 Å². The Morgan fingerprint density at radius 2 is 2.09 bits per heavy atom. The molecule has 0 aliphatic heterocycles. The van der Waals surface area contributed by atoms with Gasteiger partial charge in [-0.15, -0.1) is 5.10 Å². The molecule has 0 spiro atoms. The van der Waals surface area contributed by atoms with Crippen molar-refractivity contribution in [2.75, 3.05) is 13.7 Å². The SMILES string of the molecule is COC[C@H](C1CC1)N(Cc1ccc(Br)nn1)C(=O)OC(C)(C)C. The van der Waals surface area contributed by atoms with Gasteiger partial charge in [0.1, 0.15) is 10.2 Å². The number of nitrogens with zero attached hydrogens (tertiary/aromatic N) is 3. The third kappa shape index (κ3) is 5.73. The monoisotopic (exact) mass is 385 g/mol. The van der Waals surface area contributed by atoms with Crippen LogP contribution in [0, 0.1) is 5.92 Å². The summed E-state index contributed by atoms with van der Waals surface area (Å²) in [6.07, 6.45) is 1.88. The maximum atomic E-state index is 12.7. The number of hydrogen-bond acceptors (Lipinski definition) is 5. The van der Waals surface area contributed by atoms with Crippen LogP contribution in [0.5, 0.6) is 0 Å². The molecule has 1 fully saturated rings. The Balaban J connectivity index is 2.18. The average molecular weight is 386 g/mol. The van der Waals surface area contributed by atoms with Gasteiger partial charge in [-0.25, -0.2) is 4.79 Å². The molecule has 1 saturated carbocycles. The van der Waals surface area contributed by atoms with Gasteiger partial charge >= 0.3 is 6.09 Å². The quantitative estimate of drug-likeness (QED) is 0.750. The van der Waals surface area contributed by atoms with E-state index in [1.54, 1.807) is 12.0 Å². The number of halogens is 1. The van der Waals surface area contributed by atoms with Crippen molar-refractivity contribution in [1.82, 2.24) is 15.1 Å². The molecule has 1 amide bonds. The number of ether oxygens (including phenoxy) is 2. The first-order valence-electron chi connectivity index (χ1n) is 7.77. The highest BCUT2D eigenvalue weighted by Gasteiger charge is 2.39. The van der Waals surface area contributed by atoms with Gasteiger partial charge in [0.05, 0.1) is 24.9 Å². The van der Waals surface area contributed by atoms with Gasteiger partial charge in [0.25, 0.3) is 0 Å². The Morgan fingerprint density at radius 3 is 2.57 bits per heavy atom. The summed E-state index contributed by atoms with van der Waals surface area (Å²) < 4.78 is 11.6. The van der Waals surface area contributed by atoms with Gasteiger partial charge in [0.15, 0.2) is 0 Å². The van der Waals surface area contributed by atoms with E-state index in [1.807, 2.05) is 32.9 Å². The zero-order valence-electron chi connectivity index (χ0n) is 14.1. The zero-order valence-corrected chi connectivity index (χ0v) is 15.7. The molecule has 1 aliphatic rings. The van der Waals surface area contributed by atoms with E-state index < -0.39 is 5.60 Å². The van der Waals surface area contributed by atoms with Crippen LogP contribution in [0.3, 0.4) is 0 Å².